The second kappa shape index (κ2) is 8.89. The van der Waals surface area contributed by atoms with Gasteiger partial charge in [-0.15, -0.1) is 0 Å². The molecule has 0 spiro atoms. The smallest absolute Gasteiger partial charge is 0.275 e. The number of halogens is 1. The van der Waals surface area contributed by atoms with Crippen LogP contribution in [0, 0.1) is 12.1 Å². The molecular formula is C17H18ClN3O4. The van der Waals surface area contributed by atoms with Gasteiger partial charge in [0, 0.05) is 17.5 Å². The van der Waals surface area contributed by atoms with Crippen molar-refractivity contribution in [1.29, 1.82) is 0 Å². The zero-order valence-corrected chi connectivity index (χ0v) is 14.4. The van der Waals surface area contributed by atoms with Crippen LogP contribution >= 0.6 is 11.6 Å². The van der Waals surface area contributed by atoms with Crippen LogP contribution in [0.2, 0.25) is 5.02 Å². The van der Waals surface area contributed by atoms with Gasteiger partial charge in [-0.3, -0.25) is 20.4 Å². The first-order valence-electron chi connectivity index (χ1n) is 7.62. The maximum absolute atomic E-state index is 11.8. The fourth-order valence-corrected chi connectivity index (χ4v) is 2.27. The number of aromatic nitrogens is 1. The number of benzene rings is 1. The Morgan fingerprint density at radius 1 is 1.28 bits per heavy atom. The molecule has 2 N–H and O–H groups in total. The first-order chi connectivity index (χ1) is 12.0. The van der Waals surface area contributed by atoms with Gasteiger partial charge in [0.1, 0.15) is 11.3 Å². The molecule has 1 heterocycles. The van der Waals surface area contributed by atoms with Crippen molar-refractivity contribution in [3.63, 3.8) is 0 Å². The molecule has 25 heavy (non-hydrogen) atoms. The van der Waals surface area contributed by atoms with E-state index < -0.39 is 5.91 Å². The predicted molar refractivity (Wildman–Crippen MR) is 91.9 cm³/mol. The second-order valence-electron chi connectivity index (χ2n) is 5.32. The molecule has 7 nitrogen and oxygen atoms in total. The van der Waals surface area contributed by atoms with E-state index in [0.717, 1.165) is 11.8 Å². The van der Waals surface area contributed by atoms with Gasteiger partial charge in [-0.25, -0.2) is 0 Å². The van der Waals surface area contributed by atoms with E-state index in [1.807, 2.05) is 6.92 Å². The van der Waals surface area contributed by atoms with E-state index in [-0.39, 0.29) is 17.9 Å². The summed E-state index contributed by atoms with van der Waals surface area (Å²) in [5, 5.41) is 11.7. The summed E-state index contributed by atoms with van der Waals surface area (Å²) in [7, 11) is 0. The largest absolute Gasteiger partial charge is 0.619 e. The number of pyridine rings is 1. The molecule has 0 unspecified atom stereocenters. The fraction of sp³-hybridized carbons (Fsp3) is 0.235. The Hall–Kier alpha value is -2.80. The number of rotatable bonds is 6. The van der Waals surface area contributed by atoms with Crippen molar-refractivity contribution in [2.75, 3.05) is 6.61 Å². The van der Waals surface area contributed by atoms with E-state index in [9.17, 15) is 14.8 Å². The molecule has 0 aliphatic rings. The first kappa shape index (κ1) is 18.5. The average Bonchev–Trinajstić information content (AvgIpc) is 2.58. The van der Waals surface area contributed by atoms with Gasteiger partial charge in [0.2, 0.25) is 5.91 Å². The third-order valence-electron chi connectivity index (χ3n) is 3.30. The summed E-state index contributed by atoms with van der Waals surface area (Å²) in [5.74, 6) is -0.199. The minimum atomic E-state index is -0.563. The number of carbonyl (C=O) groups is 2. The van der Waals surface area contributed by atoms with E-state index in [0.29, 0.717) is 28.5 Å². The zero-order chi connectivity index (χ0) is 18.2. The van der Waals surface area contributed by atoms with E-state index in [4.69, 9.17) is 16.3 Å². The highest BCUT2D eigenvalue weighted by Gasteiger charge is 2.10. The Morgan fingerprint density at radius 2 is 2.08 bits per heavy atom. The van der Waals surface area contributed by atoms with Gasteiger partial charge in [-0.05, 0) is 43.2 Å². The van der Waals surface area contributed by atoms with Crippen LogP contribution in [0.25, 0.3) is 0 Å². The summed E-state index contributed by atoms with van der Waals surface area (Å²) in [4.78, 5) is 23.5. The first-order valence-corrected chi connectivity index (χ1v) is 8.00. The number of amides is 2. The molecule has 0 bridgehead atoms. The highest BCUT2D eigenvalue weighted by atomic mass is 35.5. The van der Waals surface area contributed by atoms with E-state index >= 15 is 0 Å². The van der Waals surface area contributed by atoms with E-state index in [2.05, 4.69) is 10.9 Å². The summed E-state index contributed by atoms with van der Waals surface area (Å²) in [6.45, 7) is 2.25. The number of ether oxygens (including phenoxy) is 1. The van der Waals surface area contributed by atoms with Crippen LogP contribution in [-0.2, 0) is 4.79 Å². The Bertz CT molecular complexity index is 767. The summed E-state index contributed by atoms with van der Waals surface area (Å²) in [5.41, 5.74) is 5.62. The molecule has 2 rings (SSSR count). The summed E-state index contributed by atoms with van der Waals surface area (Å²) < 4.78 is 6.09. The zero-order valence-electron chi connectivity index (χ0n) is 13.6. The Labute approximate surface area is 150 Å². The number of nitrogens with zero attached hydrogens (tertiary/aromatic N) is 1. The van der Waals surface area contributed by atoms with Gasteiger partial charge in [0.05, 0.1) is 6.61 Å². The lowest BCUT2D eigenvalue weighted by Crippen LogP contribution is -2.42. The lowest BCUT2D eigenvalue weighted by molar-refractivity contribution is -0.605. The number of hydrogen-bond donors (Lipinski definition) is 2. The topological polar surface area (TPSA) is 94.4 Å². The number of carbonyl (C=O) groups excluding carboxylic acids is 2. The van der Waals surface area contributed by atoms with E-state index in [1.54, 1.807) is 18.2 Å². The minimum Gasteiger partial charge on any atom is -0.619 e. The Kier molecular flexibility index (Phi) is 6.59. The van der Waals surface area contributed by atoms with Gasteiger partial charge < -0.3 is 9.94 Å². The predicted octanol–water partition coefficient (Wildman–Crippen LogP) is 1.90. The van der Waals surface area contributed by atoms with Crippen LogP contribution in [0.15, 0.2) is 42.7 Å². The van der Waals surface area contributed by atoms with Crippen LogP contribution < -0.4 is 20.3 Å². The van der Waals surface area contributed by atoms with Crippen LogP contribution in [0.4, 0.5) is 0 Å². The van der Waals surface area contributed by atoms with Crippen LogP contribution in [-0.4, -0.2) is 18.4 Å². The van der Waals surface area contributed by atoms with Crippen molar-refractivity contribution in [3.05, 3.63) is 64.1 Å². The third-order valence-corrected chi connectivity index (χ3v) is 3.53. The highest BCUT2D eigenvalue weighted by molar-refractivity contribution is 6.30. The van der Waals surface area contributed by atoms with Gasteiger partial charge >= 0.3 is 0 Å². The minimum absolute atomic E-state index is 0.152. The molecule has 0 aliphatic heterocycles. The summed E-state index contributed by atoms with van der Waals surface area (Å²) in [6, 6.07) is 8.23. The number of hydrogen-bond acceptors (Lipinski definition) is 4. The lowest BCUT2D eigenvalue weighted by atomic mass is 10.2. The lowest BCUT2D eigenvalue weighted by Gasteiger charge is -2.10. The van der Waals surface area contributed by atoms with Crippen molar-refractivity contribution in [2.24, 2.45) is 0 Å². The van der Waals surface area contributed by atoms with Crippen molar-refractivity contribution in [1.82, 2.24) is 10.9 Å². The van der Waals surface area contributed by atoms with Crippen LogP contribution in [0.5, 0.6) is 5.75 Å². The molecule has 1 aromatic carbocycles. The quantitative estimate of drug-likeness (QED) is 0.355. The molecule has 2 amide bonds. The molecule has 0 saturated heterocycles. The monoisotopic (exact) mass is 363 g/mol. The number of aryl methyl sites for hydroxylation is 1. The maximum atomic E-state index is 11.8. The normalized spacial score (nSPS) is 10.2. The van der Waals surface area contributed by atoms with Gasteiger partial charge in [0.25, 0.3) is 5.91 Å². The van der Waals surface area contributed by atoms with Crippen molar-refractivity contribution >= 4 is 23.4 Å². The van der Waals surface area contributed by atoms with Gasteiger partial charge in [-0.1, -0.05) is 11.6 Å². The number of hydrazine groups is 1. The molecule has 2 aromatic rings. The standard InChI is InChI=1S/C17H18ClN3O4/c1-12-10-14(18)6-7-15(12)25-9-3-5-16(22)19-20-17(23)13-4-2-8-21(24)11-13/h2,4,6-8,10-11H,3,5,9H2,1H3,(H,19,22)(H,20,23). The molecule has 132 valence electrons. The van der Waals surface area contributed by atoms with Crippen molar-refractivity contribution in [3.8, 4) is 5.75 Å². The van der Waals surface area contributed by atoms with Crippen molar-refractivity contribution in [2.45, 2.75) is 19.8 Å². The van der Waals surface area contributed by atoms with E-state index in [1.165, 1.54) is 18.3 Å². The van der Waals surface area contributed by atoms with Gasteiger partial charge in [-0.2, -0.15) is 4.73 Å². The molecule has 0 saturated carbocycles. The molecular weight excluding hydrogens is 346 g/mol. The summed E-state index contributed by atoms with van der Waals surface area (Å²) >= 11 is 5.87. The highest BCUT2D eigenvalue weighted by Crippen LogP contribution is 2.21. The molecule has 0 atom stereocenters. The molecule has 0 aliphatic carbocycles. The SMILES string of the molecule is Cc1cc(Cl)ccc1OCCCC(=O)NNC(=O)c1ccc[n+]([O-])c1. The molecule has 0 radical (unpaired) electrons. The average molecular weight is 364 g/mol. The summed E-state index contributed by atoms with van der Waals surface area (Å²) in [6.07, 6.45) is 3.04. The van der Waals surface area contributed by atoms with Crippen molar-refractivity contribution < 1.29 is 19.1 Å². The van der Waals surface area contributed by atoms with Crippen LogP contribution in [0.1, 0.15) is 28.8 Å². The maximum Gasteiger partial charge on any atom is 0.275 e. The molecule has 8 heteroatoms. The second-order valence-corrected chi connectivity index (χ2v) is 5.75. The van der Waals surface area contributed by atoms with Crippen LogP contribution in [0.3, 0.4) is 0 Å². The molecule has 0 fully saturated rings. The number of nitrogens with one attached hydrogen (secondary N) is 2. The fourth-order valence-electron chi connectivity index (χ4n) is 2.04. The van der Waals surface area contributed by atoms with Gasteiger partial charge in [0.15, 0.2) is 12.4 Å². The third kappa shape index (κ3) is 5.96. The molecule has 1 aromatic heterocycles. The Balaban J connectivity index is 1.68. The Morgan fingerprint density at radius 3 is 2.80 bits per heavy atom.